The second-order valence-electron chi connectivity index (χ2n) is 4.02. The molecule has 0 atom stereocenters. The lowest BCUT2D eigenvalue weighted by molar-refractivity contribution is 0.431. The maximum absolute atomic E-state index is 5.74. The molecule has 6 nitrogen and oxygen atoms in total. The molecule has 3 aromatic rings. The number of nitrogens with two attached hydrogens (primary N) is 1. The minimum atomic E-state index is 0.429. The minimum absolute atomic E-state index is 0.429. The molecule has 0 aliphatic carbocycles. The molecule has 0 aliphatic rings. The van der Waals surface area contributed by atoms with Gasteiger partial charge in [-0.15, -0.1) is 0 Å². The van der Waals surface area contributed by atoms with E-state index < -0.39 is 0 Å². The summed E-state index contributed by atoms with van der Waals surface area (Å²) >= 11 is 3.37. The van der Waals surface area contributed by atoms with Gasteiger partial charge in [-0.2, -0.15) is 4.98 Å². The Hall–Kier alpha value is -2.15. The van der Waals surface area contributed by atoms with Crippen molar-refractivity contribution in [2.24, 2.45) is 7.05 Å². The van der Waals surface area contributed by atoms with Crippen LogP contribution in [0.1, 0.15) is 0 Å². The summed E-state index contributed by atoms with van der Waals surface area (Å²) in [5.41, 5.74) is 7.20. The Morgan fingerprint density at radius 1 is 1.37 bits per heavy atom. The number of hydrogen-bond donors (Lipinski definition) is 1. The topological polar surface area (TPSA) is 82.8 Å². The predicted molar refractivity (Wildman–Crippen MR) is 74.0 cm³/mol. The largest absolute Gasteiger partial charge is 0.398 e. The van der Waals surface area contributed by atoms with Crippen LogP contribution in [0.5, 0.6) is 0 Å². The van der Waals surface area contributed by atoms with Crippen molar-refractivity contribution >= 4 is 21.6 Å². The molecule has 0 radical (unpaired) electrons. The standard InChI is InChI=1S/C12H10BrN5O/c1-18-5-4-15-11(18)10-16-12(19-17-10)7-2-3-9(14)8(13)6-7/h2-6H,14H2,1H3. The molecule has 0 amide bonds. The number of rotatable bonds is 2. The van der Waals surface area contributed by atoms with E-state index >= 15 is 0 Å². The molecule has 19 heavy (non-hydrogen) atoms. The quantitative estimate of drug-likeness (QED) is 0.734. The first kappa shape index (κ1) is 11.9. The van der Waals surface area contributed by atoms with Crippen LogP contribution in [0, 0.1) is 0 Å². The molecular formula is C12H10BrN5O. The highest BCUT2D eigenvalue weighted by atomic mass is 79.9. The second-order valence-corrected chi connectivity index (χ2v) is 4.88. The zero-order valence-electron chi connectivity index (χ0n) is 10.0. The van der Waals surface area contributed by atoms with Gasteiger partial charge < -0.3 is 14.8 Å². The number of benzene rings is 1. The maximum Gasteiger partial charge on any atom is 0.258 e. The molecule has 0 saturated heterocycles. The van der Waals surface area contributed by atoms with Gasteiger partial charge in [0.1, 0.15) is 0 Å². The highest BCUT2D eigenvalue weighted by molar-refractivity contribution is 9.10. The van der Waals surface area contributed by atoms with E-state index in [2.05, 4.69) is 31.1 Å². The van der Waals surface area contributed by atoms with Gasteiger partial charge in [-0.05, 0) is 34.1 Å². The Morgan fingerprint density at radius 2 is 2.21 bits per heavy atom. The van der Waals surface area contributed by atoms with Gasteiger partial charge in [-0.3, -0.25) is 0 Å². The first-order valence-electron chi connectivity index (χ1n) is 5.52. The van der Waals surface area contributed by atoms with E-state index in [0.717, 1.165) is 10.0 Å². The van der Waals surface area contributed by atoms with Crippen molar-refractivity contribution in [1.29, 1.82) is 0 Å². The third kappa shape index (κ3) is 2.12. The van der Waals surface area contributed by atoms with Crippen LogP contribution >= 0.6 is 15.9 Å². The highest BCUT2D eigenvalue weighted by Gasteiger charge is 2.14. The van der Waals surface area contributed by atoms with Gasteiger partial charge in [0.15, 0.2) is 5.82 Å². The van der Waals surface area contributed by atoms with E-state index in [1.807, 2.05) is 29.9 Å². The van der Waals surface area contributed by atoms with Gasteiger partial charge in [0, 0.05) is 35.2 Å². The van der Waals surface area contributed by atoms with E-state index in [-0.39, 0.29) is 0 Å². The van der Waals surface area contributed by atoms with Gasteiger partial charge in [0.05, 0.1) is 0 Å². The van der Waals surface area contributed by atoms with Crippen molar-refractivity contribution < 1.29 is 4.52 Å². The van der Waals surface area contributed by atoms with Crippen LogP contribution in [0.4, 0.5) is 5.69 Å². The number of anilines is 1. The summed E-state index contributed by atoms with van der Waals surface area (Å²) < 4.78 is 7.87. The van der Waals surface area contributed by atoms with Crippen LogP contribution in [-0.4, -0.2) is 19.7 Å². The minimum Gasteiger partial charge on any atom is -0.398 e. The fourth-order valence-corrected chi connectivity index (χ4v) is 2.05. The summed E-state index contributed by atoms with van der Waals surface area (Å²) in [7, 11) is 1.87. The van der Waals surface area contributed by atoms with Gasteiger partial charge in [0.2, 0.25) is 5.82 Å². The summed E-state index contributed by atoms with van der Waals surface area (Å²) in [5, 5.41) is 3.93. The molecule has 0 unspecified atom stereocenters. The molecule has 2 N–H and O–H groups in total. The zero-order chi connectivity index (χ0) is 13.4. The van der Waals surface area contributed by atoms with Crippen LogP contribution in [0.15, 0.2) is 39.6 Å². The van der Waals surface area contributed by atoms with Gasteiger partial charge in [0.25, 0.3) is 5.89 Å². The smallest absolute Gasteiger partial charge is 0.258 e. The number of halogens is 1. The average Bonchev–Trinajstić information content (AvgIpc) is 3.01. The maximum atomic E-state index is 5.74. The third-order valence-electron chi connectivity index (χ3n) is 2.69. The van der Waals surface area contributed by atoms with Crippen molar-refractivity contribution in [3.63, 3.8) is 0 Å². The SMILES string of the molecule is Cn1ccnc1-c1noc(-c2ccc(N)c(Br)c2)n1. The number of hydrogen-bond acceptors (Lipinski definition) is 5. The Bertz CT molecular complexity index is 733. The number of nitrogen functional groups attached to an aromatic ring is 1. The van der Waals surface area contributed by atoms with Crippen LogP contribution in [0.25, 0.3) is 23.1 Å². The summed E-state index contributed by atoms with van der Waals surface area (Å²) in [5.74, 6) is 1.54. The number of aryl methyl sites for hydroxylation is 1. The van der Waals surface area contributed by atoms with Crippen LogP contribution < -0.4 is 5.73 Å². The van der Waals surface area contributed by atoms with Crippen LogP contribution in [0.3, 0.4) is 0 Å². The van der Waals surface area contributed by atoms with Crippen molar-refractivity contribution in [2.75, 3.05) is 5.73 Å². The van der Waals surface area contributed by atoms with E-state index in [1.54, 1.807) is 12.3 Å². The van der Waals surface area contributed by atoms with Crippen LogP contribution in [-0.2, 0) is 7.05 Å². The molecule has 0 aliphatic heterocycles. The van der Waals surface area contributed by atoms with Crippen molar-refractivity contribution in [2.45, 2.75) is 0 Å². The highest BCUT2D eigenvalue weighted by Crippen LogP contribution is 2.27. The number of nitrogens with zero attached hydrogens (tertiary/aromatic N) is 4. The summed E-state index contributed by atoms with van der Waals surface area (Å²) in [6.45, 7) is 0. The normalized spacial score (nSPS) is 10.8. The summed E-state index contributed by atoms with van der Waals surface area (Å²) in [6, 6.07) is 5.45. The van der Waals surface area contributed by atoms with E-state index in [9.17, 15) is 0 Å². The van der Waals surface area contributed by atoms with E-state index in [0.29, 0.717) is 23.2 Å². The molecular weight excluding hydrogens is 310 g/mol. The first-order chi connectivity index (χ1) is 9.15. The van der Waals surface area contributed by atoms with Gasteiger partial charge in [-0.25, -0.2) is 4.98 Å². The molecule has 96 valence electrons. The zero-order valence-corrected chi connectivity index (χ0v) is 11.6. The molecule has 0 bridgehead atoms. The average molecular weight is 320 g/mol. The summed E-state index contributed by atoms with van der Waals surface area (Å²) in [4.78, 5) is 8.51. The second kappa shape index (κ2) is 4.51. The Balaban J connectivity index is 2.01. The Kier molecular flexibility index (Phi) is 2.83. The molecule has 0 saturated carbocycles. The lowest BCUT2D eigenvalue weighted by atomic mass is 10.2. The number of aromatic nitrogens is 4. The molecule has 0 fully saturated rings. The fourth-order valence-electron chi connectivity index (χ4n) is 1.67. The molecule has 7 heteroatoms. The van der Waals surface area contributed by atoms with E-state index in [1.165, 1.54) is 0 Å². The lowest BCUT2D eigenvalue weighted by Crippen LogP contribution is -1.92. The lowest BCUT2D eigenvalue weighted by Gasteiger charge is -1.99. The Morgan fingerprint density at radius 3 is 2.89 bits per heavy atom. The molecule has 0 spiro atoms. The molecule has 3 rings (SSSR count). The van der Waals surface area contributed by atoms with Crippen molar-refractivity contribution in [3.8, 4) is 23.1 Å². The number of imidazole rings is 1. The van der Waals surface area contributed by atoms with Gasteiger partial charge in [-0.1, -0.05) is 5.16 Å². The molecule has 2 heterocycles. The first-order valence-corrected chi connectivity index (χ1v) is 6.31. The Labute approximate surface area is 117 Å². The predicted octanol–water partition coefficient (Wildman–Crippen LogP) is 2.48. The van der Waals surface area contributed by atoms with Crippen molar-refractivity contribution in [3.05, 3.63) is 35.1 Å². The van der Waals surface area contributed by atoms with Gasteiger partial charge >= 0.3 is 0 Å². The molecule has 1 aromatic carbocycles. The van der Waals surface area contributed by atoms with E-state index in [4.69, 9.17) is 10.3 Å². The summed E-state index contributed by atoms with van der Waals surface area (Å²) in [6.07, 6.45) is 3.51. The van der Waals surface area contributed by atoms with Crippen LogP contribution in [0.2, 0.25) is 0 Å². The molecule has 2 aromatic heterocycles. The third-order valence-corrected chi connectivity index (χ3v) is 3.38. The van der Waals surface area contributed by atoms with Crippen molar-refractivity contribution in [1.82, 2.24) is 19.7 Å². The monoisotopic (exact) mass is 319 g/mol. The fraction of sp³-hybridized carbons (Fsp3) is 0.0833.